The highest BCUT2D eigenvalue weighted by molar-refractivity contribution is 9.09. The molecule has 1 spiro atoms. The number of amides is 3. The molecule has 8 nitrogen and oxygen atoms in total. The fourth-order valence-corrected chi connectivity index (χ4v) is 8.66. The quantitative estimate of drug-likeness (QED) is 0.166. The van der Waals surface area contributed by atoms with Gasteiger partial charge in [0.25, 0.3) is 5.91 Å². The van der Waals surface area contributed by atoms with Gasteiger partial charge in [0, 0.05) is 42.4 Å². The summed E-state index contributed by atoms with van der Waals surface area (Å²) in [5.74, 6) is -2.20. The van der Waals surface area contributed by atoms with Gasteiger partial charge in [-0.2, -0.15) is 0 Å². The Morgan fingerprint density at radius 1 is 0.978 bits per heavy atom. The zero-order chi connectivity index (χ0) is 32.3. The van der Waals surface area contributed by atoms with Gasteiger partial charge < -0.3 is 24.5 Å². The van der Waals surface area contributed by atoms with Crippen LogP contribution in [0.2, 0.25) is 0 Å². The summed E-state index contributed by atoms with van der Waals surface area (Å²) in [6, 6.07) is 14.4. The van der Waals surface area contributed by atoms with Gasteiger partial charge in [-0.15, -0.1) is 13.2 Å². The molecule has 3 aliphatic rings. The van der Waals surface area contributed by atoms with Gasteiger partial charge in [0.2, 0.25) is 11.8 Å². The van der Waals surface area contributed by atoms with Crippen molar-refractivity contribution in [3.8, 4) is 0 Å². The first kappa shape index (κ1) is 33.1. The van der Waals surface area contributed by atoms with E-state index in [0.717, 1.165) is 35.3 Å². The minimum atomic E-state index is -1.16. The van der Waals surface area contributed by atoms with Crippen LogP contribution in [0, 0.1) is 25.7 Å². The number of unbranched alkanes of at least 4 members (excludes halogenated alkanes) is 3. The smallest absolute Gasteiger partial charge is 0.253 e. The molecule has 45 heavy (non-hydrogen) atoms. The maximum Gasteiger partial charge on any atom is 0.253 e. The van der Waals surface area contributed by atoms with Crippen LogP contribution in [-0.4, -0.2) is 76.5 Å². The first-order valence-electron chi connectivity index (χ1n) is 15.9. The van der Waals surface area contributed by atoms with Crippen LogP contribution in [0.25, 0.3) is 0 Å². The minimum absolute atomic E-state index is 0.121. The standard InChI is InChI=1S/C36H44BrN3O5/c1-5-19-38(26-17-10-9-11-18-26)33(42)28-29-34(43)40(21-12-7-8-13-22-41)32(36(29)23-27(37)31(28)45-36)35(44)39(20-6-2)30-24(3)15-14-16-25(30)4/h5-6,9-11,14-18,27-29,31-32,41H,1-2,7-8,12-13,19-23H2,3-4H3/t27?,28-,29-,31-,32?,36?/m0/s1. The number of aryl methyl sites for hydroxylation is 2. The van der Waals surface area contributed by atoms with E-state index in [0.29, 0.717) is 25.8 Å². The van der Waals surface area contributed by atoms with E-state index in [-0.39, 0.29) is 42.2 Å². The monoisotopic (exact) mass is 677 g/mol. The summed E-state index contributed by atoms with van der Waals surface area (Å²) in [4.78, 5) is 48.9. The highest BCUT2D eigenvalue weighted by Crippen LogP contribution is 2.60. The topological polar surface area (TPSA) is 90.4 Å². The third kappa shape index (κ3) is 5.90. The Bertz CT molecular complexity index is 1410. The molecule has 3 saturated heterocycles. The highest BCUT2D eigenvalue weighted by Gasteiger charge is 2.77. The second kappa shape index (κ2) is 14.0. The molecule has 0 radical (unpaired) electrons. The van der Waals surface area contributed by atoms with E-state index in [9.17, 15) is 19.5 Å². The van der Waals surface area contributed by atoms with Crippen molar-refractivity contribution < 1.29 is 24.2 Å². The molecular formula is C36H44BrN3O5. The lowest BCUT2D eigenvalue weighted by Gasteiger charge is -2.38. The van der Waals surface area contributed by atoms with Crippen LogP contribution in [0.15, 0.2) is 73.8 Å². The molecule has 3 heterocycles. The number of nitrogens with zero attached hydrogens (tertiary/aromatic N) is 3. The number of aliphatic hydroxyl groups excluding tert-OH is 1. The Labute approximate surface area is 274 Å². The van der Waals surface area contributed by atoms with Gasteiger partial charge in [0.05, 0.1) is 17.9 Å². The summed E-state index contributed by atoms with van der Waals surface area (Å²) in [5, 5.41) is 9.26. The van der Waals surface area contributed by atoms with Crippen molar-refractivity contribution in [2.45, 2.75) is 68.5 Å². The molecule has 2 aromatic rings. The van der Waals surface area contributed by atoms with Crippen molar-refractivity contribution in [3.05, 3.63) is 85.0 Å². The van der Waals surface area contributed by atoms with Crippen LogP contribution in [-0.2, 0) is 19.1 Å². The number of hydrogen-bond donors (Lipinski definition) is 1. The van der Waals surface area contributed by atoms with Gasteiger partial charge in [0.1, 0.15) is 11.6 Å². The number of carbonyl (C=O) groups is 3. The summed E-state index contributed by atoms with van der Waals surface area (Å²) in [6.45, 7) is 12.8. The second-order valence-electron chi connectivity index (χ2n) is 12.4. The number of hydrogen-bond acceptors (Lipinski definition) is 5. The van der Waals surface area contributed by atoms with E-state index in [4.69, 9.17) is 4.74 Å². The van der Waals surface area contributed by atoms with Gasteiger partial charge in [-0.05, 0) is 56.4 Å². The third-order valence-corrected chi connectivity index (χ3v) is 10.4. The molecule has 2 aromatic carbocycles. The molecule has 3 fully saturated rings. The number of para-hydroxylation sites is 2. The van der Waals surface area contributed by atoms with Gasteiger partial charge in [-0.25, -0.2) is 0 Å². The molecule has 1 N–H and O–H groups in total. The van der Waals surface area contributed by atoms with Gasteiger partial charge in [0.15, 0.2) is 0 Å². The summed E-state index contributed by atoms with van der Waals surface area (Å²) in [6.07, 6.45) is 6.27. The predicted octanol–water partition coefficient (Wildman–Crippen LogP) is 5.34. The molecule has 0 aromatic heterocycles. The normalized spacial score (nSPS) is 26.5. The number of carbonyl (C=O) groups excluding carboxylic acids is 3. The van der Waals surface area contributed by atoms with Gasteiger partial charge in [-0.3, -0.25) is 14.4 Å². The maximum atomic E-state index is 14.9. The molecule has 2 bridgehead atoms. The Hall–Kier alpha value is -3.27. The Balaban J connectivity index is 1.57. The number of anilines is 2. The molecule has 0 aliphatic carbocycles. The summed E-state index contributed by atoms with van der Waals surface area (Å²) < 4.78 is 6.81. The highest BCUT2D eigenvalue weighted by atomic mass is 79.9. The van der Waals surface area contributed by atoms with Crippen molar-refractivity contribution in [1.82, 2.24) is 4.90 Å². The molecule has 6 atom stereocenters. The molecule has 3 amide bonds. The number of rotatable bonds is 14. The lowest BCUT2D eigenvalue weighted by atomic mass is 9.70. The van der Waals surface area contributed by atoms with Crippen molar-refractivity contribution in [1.29, 1.82) is 0 Å². The molecule has 240 valence electrons. The first-order chi connectivity index (χ1) is 21.7. The number of aliphatic hydroxyl groups is 1. The average molecular weight is 679 g/mol. The van der Waals surface area contributed by atoms with Crippen molar-refractivity contribution in [2.75, 3.05) is 36.0 Å². The van der Waals surface area contributed by atoms with Crippen LogP contribution >= 0.6 is 15.9 Å². The van der Waals surface area contributed by atoms with E-state index in [1.165, 1.54) is 0 Å². The number of ether oxygens (including phenoxy) is 1. The zero-order valence-corrected chi connectivity index (χ0v) is 27.8. The van der Waals surface area contributed by atoms with Crippen molar-refractivity contribution in [2.24, 2.45) is 11.8 Å². The van der Waals surface area contributed by atoms with E-state index in [1.807, 2.05) is 62.4 Å². The van der Waals surface area contributed by atoms with Crippen LogP contribution in [0.1, 0.15) is 43.2 Å². The number of benzene rings is 2. The van der Waals surface area contributed by atoms with Crippen LogP contribution in [0.3, 0.4) is 0 Å². The van der Waals surface area contributed by atoms with Crippen LogP contribution < -0.4 is 9.80 Å². The minimum Gasteiger partial charge on any atom is -0.396 e. The number of halogens is 1. The Morgan fingerprint density at radius 3 is 2.27 bits per heavy atom. The largest absolute Gasteiger partial charge is 0.396 e. The van der Waals surface area contributed by atoms with Gasteiger partial charge in [-0.1, -0.05) is 77.3 Å². The maximum absolute atomic E-state index is 14.9. The van der Waals surface area contributed by atoms with E-state index in [1.54, 1.807) is 26.9 Å². The summed E-state index contributed by atoms with van der Waals surface area (Å²) in [7, 11) is 0. The van der Waals surface area contributed by atoms with Crippen molar-refractivity contribution >= 4 is 45.0 Å². The third-order valence-electron chi connectivity index (χ3n) is 9.55. The number of likely N-dealkylation sites (tertiary alicyclic amines) is 1. The molecule has 3 aliphatic heterocycles. The predicted molar refractivity (Wildman–Crippen MR) is 180 cm³/mol. The molecule has 3 unspecified atom stereocenters. The second-order valence-corrected chi connectivity index (χ2v) is 13.6. The van der Waals surface area contributed by atoms with Crippen molar-refractivity contribution in [3.63, 3.8) is 0 Å². The number of fused-ring (bicyclic) bond motifs is 1. The SMILES string of the molecule is C=CCN(C(=O)[C@H]1[C@H]2C(=O)N(CCCCCCO)C(C(=O)N(CC=C)c3c(C)cccc3C)C23CC(Br)[C@@H]1O3)c1ccccc1. The summed E-state index contributed by atoms with van der Waals surface area (Å²) >= 11 is 3.80. The van der Waals surface area contributed by atoms with E-state index >= 15 is 0 Å². The lowest BCUT2D eigenvalue weighted by molar-refractivity contribution is -0.140. The molecule has 0 saturated carbocycles. The van der Waals surface area contributed by atoms with E-state index in [2.05, 4.69) is 29.1 Å². The Morgan fingerprint density at radius 2 is 1.62 bits per heavy atom. The first-order valence-corrected chi connectivity index (χ1v) is 16.8. The molecular weight excluding hydrogens is 634 g/mol. The van der Waals surface area contributed by atoms with Crippen LogP contribution in [0.4, 0.5) is 11.4 Å². The molecule has 9 heteroatoms. The fourth-order valence-electron chi connectivity index (χ4n) is 7.72. The van der Waals surface area contributed by atoms with Gasteiger partial charge >= 0.3 is 0 Å². The average Bonchev–Trinajstić information content (AvgIpc) is 3.62. The zero-order valence-electron chi connectivity index (χ0n) is 26.2. The van der Waals surface area contributed by atoms with E-state index < -0.39 is 29.6 Å². The molecule has 5 rings (SSSR count). The lowest BCUT2D eigenvalue weighted by Crippen LogP contribution is -2.57. The number of alkyl halides is 1. The fraction of sp³-hybridized carbons (Fsp3) is 0.472. The Kier molecular flexibility index (Phi) is 10.3. The van der Waals surface area contributed by atoms with Crippen LogP contribution in [0.5, 0.6) is 0 Å². The summed E-state index contributed by atoms with van der Waals surface area (Å²) in [5.41, 5.74) is 2.26.